The predicted molar refractivity (Wildman–Crippen MR) is 151 cm³/mol. The normalized spacial score (nSPS) is 14.5. The number of carbonyl (C=O) groups excluding carboxylic acids is 2. The van der Waals surface area contributed by atoms with Crippen molar-refractivity contribution in [2.75, 3.05) is 19.8 Å². The van der Waals surface area contributed by atoms with Gasteiger partial charge in [0.25, 0.3) is 5.91 Å². The summed E-state index contributed by atoms with van der Waals surface area (Å²) in [6.07, 6.45) is 4.50. The van der Waals surface area contributed by atoms with Gasteiger partial charge in [-0.1, -0.05) is 42.2 Å². The van der Waals surface area contributed by atoms with Crippen molar-refractivity contribution in [2.45, 2.75) is 33.6 Å². The molecular formula is C28H29N3O4S2. The number of amides is 1. The number of nitrogens with zero attached hydrogens (tertiary/aromatic N) is 3. The first-order valence-electron chi connectivity index (χ1n) is 12.2. The number of ether oxygens (including phenoxy) is 2. The van der Waals surface area contributed by atoms with Gasteiger partial charge in [-0.2, -0.15) is 5.10 Å². The quantitative estimate of drug-likeness (QED) is 0.185. The summed E-state index contributed by atoms with van der Waals surface area (Å²) in [5.41, 5.74) is 4.40. The minimum absolute atomic E-state index is 0.167. The molecule has 3 aromatic rings. The Morgan fingerprint density at radius 3 is 2.62 bits per heavy atom. The molecule has 4 rings (SSSR count). The van der Waals surface area contributed by atoms with Gasteiger partial charge in [0.1, 0.15) is 15.8 Å². The van der Waals surface area contributed by atoms with Crippen LogP contribution in [0.15, 0.2) is 59.6 Å². The first-order chi connectivity index (χ1) is 17.9. The molecule has 1 aliphatic heterocycles. The molecule has 0 aliphatic carbocycles. The molecule has 192 valence electrons. The van der Waals surface area contributed by atoms with E-state index in [0.717, 1.165) is 33.8 Å². The van der Waals surface area contributed by atoms with E-state index in [1.54, 1.807) is 11.8 Å². The summed E-state index contributed by atoms with van der Waals surface area (Å²) in [6, 6.07) is 15.8. The number of rotatable bonds is 10. The molecule has 1 fully saturated rings. The average Bonchev–Trinajstić information content (AvgIpc) is 3.42. The molecule has 1 saturated heterocycles. The highest BCUT2D eigenvalue weighted by molar-refractivity contribution is 8.26. The van der Waals surface area contributed by atoms with Crippen LogP contribution in [-0.2, 0) is 14.3 Å². The van der Waals surface area contributed by atoms with Crippen molar-refractivity contribution < 1.29 is 19.1 Å². The van der Waals surface area contributed by atoms with Gasteiger partial charge in [0.2, 0.25) is 0 Å². The smallest absolute Gasteiger partial charge is 0.305 e. The van der Waals surface area contributed by atoms with E-state index >= 15 is 0 Å². The maximum absolute atomic E-state index is 13.2. The molecule has 0 unspecified atom stereocenters. The number of thioether (sulfide) groups is 1. The van der Waals surface area contributed by atoms with Gasteiger partial charge in [0.05, 0.1) is 23.8 Å². The van der Waals surface area contributed by atoms with E-state index in [1.165, 1.54) is 11.8 Å². The summed E-state index contributed by atoms with van der Waals surface area (Å²) >= 11 is 6.74. The van der Waals surface area contributed by atoms with E-state index in [-0.39, 0.29) is 18.3 Å². The zero-order valence-electron chi connectivity index (χ0n) is 21.1. The summed E-state index contributed by atoms with van der Waals surface area (Å²) < 4.78 is 13.0. The molecule has 1 aromatic heterocycles. The minimum atomic E-state index is -0.271. The van der Waals surface area contributed by atoms with Crippen LogP contribution in [0.4, 0.5) is 0 Å². The fourth-order valence-corrected chi connectivity index (χ4v) is 5.29. The van der Waals surface area contributed by atoms with Crippen LogP contribution >= 0.6 is 24.0 Å². The zero-order valence-corrected chi connectivity index (χ0v) is 22.7. The van der Waals surface area contributed by atoms with Crippen LogP contribution in [0.25, 0.3) is 23.0 Å². The Hall–Kier alpha value is -3.43. The second-order valence-electron chi connectivity index (χ2n) is 8.37. The molecular weight excluding hydrogens is 506 g/mol. The van der Waals surface area contributed by atoms with Crippen molar-refractivity contribution in [2.24, 2.45) is 0 Å². The lowest BCUT2D eigenvalue weighted by Crippen LogP contribution is -2.29. The van der Waals surface area contributed by atoms with Crippen molar-refractivity contribution >= 4 is 46.3 Å². The predicted octanol–water partition coefficient (Wildman–Crippen LogP) is 5.79. The molecule has 1 amide bonds. The second kappa shape index (κ2) is 12.2. The number of aryl methyl sites for hydroxylation is 1. The van der Waals surface area contributed by atoms with E-state index in [1.807, 2.05) is 79.3 Å². The van der Waals surface area contributed by atoms with Crippen molar-refractivity contribution in [3.8, 4) is 22.7 Å². The molecule has 0 bridgehead atoms. The summed E-state index contributed by atoms with van der Waals surface area (Å²) in [5, 5.41) is 4.87. The van der Waals surface area contributed by atoms with Crippen LogP contribution < -0.4 is 4.74 Å². The van der Waals surface area contributed by atoms with Gasteiger partial charge >= 0.3 is 5.97 Å². The third-order valence-corrected chi connectivity index (χ3v) is 7.12. The SMILES string of the molecule is CCOC(=O)CCCN1C(=O)/C(=C/c2cn(-c3ccccc3)nc2-c2ccc(OCC)c(C)c2)SC1=S. The Morgan fingerprint density at radius 2 is 1.92 bits per heavy atom. The molecule has 1 aliphatic rings. The second-order valence-corrected chi connectivity index (χ2v) is 10.0. The molecule has 0 atom stereocenters. The molecule has 9 heteroatoms. The number of para-hydroxylation sites is 1. The Balaban J connectivity index is 1.65. The average molecular weight is 536 g/mol. The molecule has 37 heavy (non-hydrogen) atoms. The van der Waals surface area contributed by atoms with Gasteiger partial charge in [-0.15, -0.1) is 0 Å². The Kier molecular flexibility index (Phi) is 8.78. The minimum Gasteiger partial charge on any atom is -0.494 e. The Bertz CT molecular complexity index is 1330. The number of benzene rings is 2. The highest BCUT2D eigenvalue weighted by Crippen LogP contribution is 2.36. The number of hydrogen-bond acceptors (Lipinski definition) is 7. The Morgan fingerprint density at radius 1 is 1.14 bits per heavy atom. The number of thiocarbonyl (C=S) groups is 1. The first-order valence-corrected chi connectivity index (χ1v) is 13.4. The van der Waals surface area contributed by atoms with Gasteiger partial charge < -0.3 is 9.47 Å². The molecule has 0 spiro atoms. The fourth-order valence-electron chi connectivity index (χ4n) is 3.99. The summed E-state index contributed by atoms with van der Waals surface area (Å²) in [5.74, 6) is 0.395. The largest absolute Gasteiger partial charge is 0.494 e. The lowest BCUT2D eigenvalue weighted by molar-refractivity contribution is -0.143. The van der Waals surface area contributed by atoms with Gasteiger partial charge in [0, 0.05) is 30.3 Å². The summed E-state index contributed by atoms with van der Waals surface area (Å²) in [6.45, 7) is 7.04. The van der Waals surface area contributed by atoms with E-state index in [9.17, 15) is 9.59 Å². The fraction of sp³-hybridized carbons (Fsp3) is 0.286. The molecule has 0 N–H and O–H groups in total. The molecule has 0 saturated carbocycles. The van der Waals surface area contributed by atoms with E-state index < -0.39 is 0 Å². The van der Waals surface area contributed by atoms with Crippen LogP contribution in [-0.4, -0.2) is 50.6 Å². The van der Waals surface area contributed by atoms with Crippen LogP contribution in [0.3, 0.4) is 0 Å². The van der Waals surface area contributed by atoms with Gasteiger partial charge in [-0.05, 0) is 69.2 Å². The van der Waals surface area contributed by atoms with Crippen LogP contribution in [0.2, 0.25) is 0 Å². The maximum Gasteiger partial charge on any atom is 0.305 e. The van der Waals surface area contributed by atoms with Gasteiger partial charge in [0.15, 0.2) is 0 Å². The number of aromatic nitrogens is 2. The maximum atomic E-state index is 13.2. The van der Waals surface area contributed by atoms with E-state index in [2.05, 4.69) is 0 Å². The van der Waals surface area contributed by atoms with E-state index in [4.69, 9.17) is 26.8 Å². The first kappa shape index (κ1) is 26.6. The van der Waals surface area contributed by atoms with Crippen molar-refractivity contribution in [1.29, 1.82) is 0 Å². The number of hydrogen-bond donors (Lipinski definition) is 0. The third kappa shape index (κ3) is 6.29. The van der Waals surface area contributed by atoms with Crippen LogP contribution in [0.1, 0.15) is 37.8 Å². The van der Waals surface area contributed by atoms with Gasteiger partial charge in [-0.3, -0.25) is 14.5 Å². The summed E-state index contributed by atoms with van der Waals surface area (Å²) in [7, 11) is 0. The van der Waals surface area contributed by atoms with Crippen molar-refractivity contribution in [1.82, 2.24) is 14.7 Å². The van der Waals surface area contributed by atoms with E-state index in [0.29, 0.717) is 35.4 Å². The van der Waals surface area contributed by atoms with Crippen molar-refractivity contribution in [3.63, 3.8) is 0 Å². The molecule has 0 radical (unpaired) electrons. The third-order valence-electron chi connectivity index (χ3n) is 5.74. The highest BCUT2D eigenvalue weighted by atomic mass is 32.2. The molecule has 7 nitrogen and oxygen atoms in total. The van der Waals surface area contributed by atoms with Crippen LogP contribution in [0, 0.1) is 6.92 Å². The zero-order chi connectivity index (χ0) is 26.4. The monoisotopic (exact) mass is 535 g/mol. The van der Waals surface area contributed by atoms with Gasteiger partial charge in [-0.25, -0.2) is 4.68 Å². The topological polar surface area (TPSA) is 73.7 Å². The molecule has 2 heterocycles. The standard InChI is InChI=1S/C28H29N3O4S2/c1-4-34-23-14-13-20(16-19(23)3)26-21(18-31(29-26)22-10-7-6-8-11-22)17-24-27(33)30(28(36)37-24)15-9-12-25(32)35-5-2/h6-8,10-11,13-14,16-18H,4-5,9,12,15H2,1-3H3/b24-17-. The van der Waals surface area contributed by atoms with Crippen molar-refractivity contribution in [3.05, 3.63) is 70.8 Å². The lowest BCUT2D eigenvalue weighted by atomic mass is 10.0. The Labute approximate surface area is 226 Å². The lowest BCUT2D eigenvalue weighted by Gasteiger charge is -2.13. The highest BCUT2D eigenvalue weighted by Gasteiger charge is 2.32. The number of esters is 1. The molecule has 2 aromatic carbocycles. The van der Waals surface area contributed by atoms with Crippen LogP contribution in [0.5, 0.6) is 5.75 Å². The summed E-state index contributed by atoms with van der Waals surface area (Å²) in [4.78, 5) is 26.9. The number of carbonyl (C=O) groups is 2.